The van der Waals surface area contributed by atoms with Gasteiger partial charge in [0.2, 0.25) is 0 Å². The maximum Gasteiger partial charge on any atom is 0.200 e. The molecule has 1 aromatic heterocycles. The van der Waals surface area contributed by atoms with E-state index < -0.39 is 0 Å². The minimum absolute atomic E-state index is 0.0731. The molecule has 1 fully saturated rings. The number of rotatable bonds is 7. The first kappa shape index (κ1) is 20.0. The Morgan fingerprint density at radius 3 is 2.79 bits per heavy atom. The van der Waals surface area contributed by atoms with Gasteiger partial charge in [0.05, 0.1) is 17.6 Å². The third kappa shape index (κ3) is 4.99. The third-order valence-corrected chi connectivity index (χ3v) is 5.46. The van der Waals surface area contributed by atoms with Crippen LogP contribution in [0.2, 0.25) is 5.02 Å². The highest BCUT2D eigenvalue weighted by Crippen LogP contribution is 2.24. The van der Waals surface area contributed by atoms with Gasteiger partial charge in [0, 0.05) is 37.3 Å². The van der Waals surface area contributed by atoms with E-state index in [1.54, 1.807) is 24.3 Å². The largest absolute Gasteiger partial charge is 0.493 e. The Labute approximate surface area is 175 Å². The Morgan fingerprint density at radius 2 is 1.97 bits per heavy atom. The van der Waals surface area contributed by atoms with E-state index in [0.29, 0.717) is 28.2 Å². The molecule has 2 aromatic carbocycles. The number of nitrogens with one attached hydrogen (secondary N) is 1. The van der Waals surface area contributed by atoms with Crippen LogP contribution in [0.3, 0.4) is 0 Å². The summed E-state index contributed by atoms with van der Waals surface area (Å²) in [4.78, 5) is 15.3. The summed E-state index contributed by atoms with van der Waals surface area (Å²) in [7, 11) is 0. The van der Waals surface area contributed by atoms with Crippen molar-refractivity contribution in [3.63, 3.8) is 0 Å². The fraction of sp³-hybridized carbons (Fsp3) is 0.348. The van der Waals surface area contributed by atoms with Crippen molar-refractivity contribution in [3.05, 3.63) is 64.0 Å². The SMILES string of the molecule is O=c1c(-c2cccc(Cl)c2)coc2cc(OCCCCN3CCNCC3)ccc12. The van der Waals surface area contributed by atoms with Crippen LogP contribution in [0.15, 0.2) is 57.9 Å². The molecule has 0 radical (unpaired) electrons. The van der Waals surface area contributed by atoms with E-state index in [2.05, 4.69) is 10.2 Å². The molecule has 3 aromatic rings. The normalized spacial score (nSPS) is 14.9. The van der Waals surface area contributed by atoms with Gasteiger partial charge < -0.3 is 19.4 Å². The summed E-state index contributed by atoms with van der Waals surface area (Å²) in [6, 6.07) is 12.6. The van der Waals surface area contributed by atoms with Gasteiger partial charge in [-0.25, -0.2) is 0 Å². The van der Waals surface area contributed by atoms with Gasteiger partial charge in [0.25, 0.3) is 0 Å². The Morgan fingerprint density at radius 1 is 1.10 bits per heavy atom. The number of fused-ring (bicyclic) bond motifs is 1. The zero-order valence-electron chi connectivity index (χ0n) is 16.3. The van der Waals surface area contributed by atoms with Crippen molar-refractivity contribution in [2.24, 2.45) is 0 Å². The van der Waals surface area contributed by atoms with Gasteiger partial charge in [-0.15, -0.1) is 0 Å². The van der Waals surface area contributed by atoms with Gasteiger partial charge >= 0.3 is 0 Å². The van der Waals surface area contributed by atoms with Crippen LogP contribution in [0.4, 0.5) is 0 Å². The summed E-state index contributed by atoms with van der Waals surface area (Å²) in [5.41, 5.74) is 1.70. The molecule has 1 N–H and O–H groups in total. The highest BCUT2D eigenvalue weighted by atomic mass is 35.5. The Bertz CT molecular complexity index is 1030. The average Bonchev–Trinajstić information content (AvgIpc) is 2.74. The van der Waals surface area contributed by atoms with Gasteiger partial charge in [0.15, 0.2) is 5.43 Å². The second-order valence-corrected chi connectivity index (χ2v) is 7.73. The first-order valence-corrected chi connectivity index (χ1v) is 10.5. The van der Waals surface area contributed by atoms with E-state index in [1.165, 1.54) is 6.26 Å². The monoisotopic (exact) mass is 412 g/mol. The number of benzene rings is 2. The minimum atomic E-state index is -0.0731. The lowest BCUT2D eigenvalue weighted by Gasteiger charge is -2.26. The molecule has 6 heteroatoms. The van der Waals surface area contributed by atoms with Crippen LogP contribution < -0.4 is 15.5 Å². The molecule has 0 saturated carbocycles. The average molecular weight is 413 g/mol. The number of halogens is 1. The van der Waals surface area contributed by atoms with Gasteiger partial charge in [0.1, 0.15) is 17.6 Å². The maximum atomic E-state index is 12.8. The number of unbranched alkanes of at least 4 members (excludes halogenated alkanes) is 1. The van der Waals surface area contributed by atoms with Crippen LogP contribution in [0, 0.1) is 0 Å². The van der Waals surface area contributed by atoms with E-state index >= 15 is 0 Å². The first-order chi connectivity index (χ1) is 14.2. The summed E-state index contributed by atoms with van der Waals surface area (Å²) >= 11 is 6.05. The van der Waals surface area contributed by atoms with E-state index in [-0.39, 0.29) is 5.43 Å². The number of hydrogen-bond donors (Lipinski definition) is 1. The van der Waals surface area contributed by atoms with Crippen molar-refractivity contribution >= 4 is 22.6 Å². The quantitative estimate of drug-likeness (QED) is 0.590. The van der Waals surface area contributed by atoms with Crippen molar-refractivity contribution in [3.8, 4) is 16.9 Å². The Kier molecular flexibility index (Phi) is 6.49. The van der Waals surface area contributed by atoms with E-state index in [4.69, 9.17) is 20.8 Å². The summed E-state index contributed by atoms with van der Waals surface area (Å²) in [5, 5.41) is 4.49. The molecule has 29 heavy (non-hydrogen) atoms. The molecule has 1 aliphatic rings. The van der Waals surface area contributed by atoms with Crippen LogP contribution in [0.5, 0.6) is 5.75 Å². The fourth-order valence-corrected chi connectivity index (χ4v) is 3.81. The lowest BCUT2D eigenvalue weighted by atomic mass is 10.1. The van der Waals surface area contributed by atoms with Gasteiger partial charge in [-0.2, -0.15) is 0 Å². The molecule has 4 rings (SSSR count). The molecule has 0 bridgehead atoms. The van der Waals surface area contributed by atoms with E-state index in [9.17, 15) is 4.79 Å². The van der Waals surface area contributed by atoms with E-state index in [1.807, 2.05) is 18.2 Å². The van der Waals surface area contributed by atoms with Crippen molar-refractivity contribution < 1.29 is 9.15 Å². The number of piperazine rings is 1. The smallest absolute Gasteiger partial charge is 0.200 e. The Balaban J connectivity index is 1.38. The lowest BCUT2D eigenvalue weighted by Crippen LogP contribution is -2.43. The maximum absolute atomic E-state index is 12.8. The summed E-state index contributed by atoms with van der Waals surface area (Å²) < 4.78 is 11.6. The van der Waals surface area contributed by atoms with Crippen LogP contribution in [-0.2, 0) is 0 Å². The van der Waals surface area contributed by atoms with Crippen molar-refractivity contribution in [2.75, 3.05) is 39.3 Å². The molecule has 0 spiro atoms. The van der Waals surface area contributed by atoms with E-state index in [0.717, 1.165) is 56.9 Å². The lowest BCUT2D eigenvalue weighted by molar-refractivity contribution is 0.226. The fourth-order valence-electron chi connectivity index (χ4n) is 3.62. The molecule has 0 amide bonds. The number of nitrogens with zero attached hydrogens (tertiary/aromatic N) is 1. The van der Waals surface area contributed by atoms with Crippen molar-refractivity contribution in [2.45, 2.75) is 12.8 Å². The van der Waals surface area contributed by atoms with Crippen LogP contribution in [0.1, 0.15) is 12.8 Å². The molecule has 0 atom stereocenters. The van der Waals surface area contributed by atoms with Crippen molar-refractivity contribution in [1.29, 1.82) is 0 Å². The second-order valence-electron chi connectivity index (χ2n) is 7.29. The van der Waals surface area contributed by atoms with Gasteiger partial charge in [-0.1, -0.05) is 23.7 Å². The highest BCUT2D eigenvalue weighted by molar-refractivity contribution is 6.30. The standard InChI is InChI=1S/C23H25ClN2O3/c24-18-5-3-4-17(14-18)21-16-29-22-15-19(6-7-20(22)23(21)27)28-13-2-1-10-26-11-8-25-9-12-26/h3-7,14-16,25H,1-2,8-13H2. The molecule has 1 aliphatic heterocycles. The summed E-state index contributed by atoms with van der Waals surface area (Å²) in [6.07, 6.45) is 3.61. The molecule has 152 valence electrons. The third-order valence-electron chi connectivity index (χ3n) is 5.23. The first-order valence-electron chi connectivity index (χ1n) is 10.1. The molecular formula is C23H25ClN2O3. The summed E-state index contributed by atoms with van der Waals surface area (Å²) in [6.45, 7) is 6.19. The van der Waals surface area contributed by atoms with Crippen LogP contribution >= 0.6 is 11.6 Å². The van der Waals surface area contributed by atoms with Crippen molar-refractivity contribution in [1.82, 2.24) is 10.2 Å². The van der Waals surface area contributed by atoms with Crippen LogP contribution in [0.25, 0.3) is 22.1 Å². The van der Waals surface area contributed by atoms with Gasteiger partial charge in [-0.3, -0.25) is 4.79 Å². The molecule has 2 heterocycles. The molecule has 0 aliphatic carbocycles. The molecule has 1 saturated heterocycles. The summed E-state index contributed by atoms with van der Waals surface area (Å²) in [5.74, 6) is 0.721. The molecular weight excluding hydrogens is 388 g/mol. The zero-order chi connectivity index (χ0) is 20.1. The number of hydrogen-bond acceptors (Lipinski definition) is 5. The topological polar surface area (TPSA) is 54.7 Å². The predicted molar refractivity (Wildman–Crippen MR) is 117 cm³/mol. The number of ether oxygens (including phenoxy) is 1. The Hall–Kier alpha value is -2.34. The predicted octanol–water partition coefficient (Wildman–Crippen LogP) is 4.18. The minimum Gasteiger partial charge on any atom is -0.493 e. The molecule has 0 unspecified atom stereocenters. The highest BCUT2D eigenvalue weighted by Gasteiger charge is 2.11. The molecule has 5 nitrogen and oxygen atoms in total. The zero-order valence-corrected chi connectivity index (χ0v) is 17.1. The second kappa shape index (κ2) is 9.44. The van der Waals surface area contributed by atoms with Gasteiger partial charge in [-0.05, 0) is 49.2 Å². The van der Waals surface area contributed by atoms with Crippen LogP contribution in [-0.4, -0.2) is 44.2 Å².